The molecule has 0 aliphatic carbocycles. The number of carbonyl (C=O) groups is 1. The van der Waals surface area contributed by atoms with Crippen molar-refractivity contribution in [3.63, 3.8) is 0 Å². The average molecular weight is 650 g/mol. The second-order valence-corrected chi connectivity index (χ2v) is 12.9. The van der Waals surface area contributed by atoms with Gasteiger partial charge in [-0.25, -0.2) is 4.79 Å². The quantitative estimate of drug-likeness (QED) is 0.243. The topological polar surface area (TPSA) is 78.2 Å². The number of hydrogen-bond acceptors (Lipinski definition) is 4. The summed E-state index contributed by atoms with van der Waals surface area (Å²) in [6.07, 6.45) is 7.97. The first kappa shape index (κ1) is 31.8. The van der Waals surface area contributed by atoms with E-state index in [4.69, 9.17) is 34.4 Å². The third kappa shape index (κ3) is 7.72. The van der Waals surface area contributed by atoms with Crippen LogP contribution in [-0.4, -0.2) is 31.7 Å². The molecule has 0 fully saturated rings. The molecule has 1 aliphatic heterocycles. The molecule has 1 aliphatic rings. The smallest absolute Gasteiger partial charge is 0.350 e. The van der Waals surface area contributed by atoms with Gasteiger partial charge >= 0.3 is 5.69 Å². The Morgan fingerprint density at radius 3 is 2.42 bits per heavy atom. The first-order valence-corrected chi connectivity index (χ1v) is 14.7. The Morgan fingerprint density at radius 1 is 1.15 bits per heavy atom. The number of aryl methyl sites for hydroxylation is 1. The van der Waals surface area contributed by atoms with Gasteiger partial charge in [-0.3, -0.25) is 9.36 Å². The third-order valence-corrected chi connectivity index (χ3v) is 8.82. The second kappa shape index (κ2) is 13.3. The van der Waals surface area contributed by atoms with Crippen LogP contribution in [0.2, 0.25) is 10.0 Å². The molecule has 0 radical (unpaired) electrons. The first-order valence-electron chi connectivity index (χ1n) is 13.0. The molecule has 3 aromatic rings. The maximum absolute atomic E-state index is 12.5. The zero-order valence-electron chi connectivity index (χ0n) is 23.4. The van der Waals surface area contributed by atoms with Crippen molar-refractivity contribution in [2.24, 2.45) is 5.41 Å². The van der Waals surface area contributed by atoms with E-state index in [1.54, 1.807) is 10.6 Å². The Kier molecular flexibility index (Phi) is 10.6. The predicted molar refractivity (Wildman–Crippen MR) is 165 cm³/mol. The molecule has 10 heteroatoms. The number of alkyl halides is 1. The fraction of sp³-hybridized carbons (Fsp3) is 0.433. The monoisotopic (exact) mass is 648 g/mol. The summed E-state index contributed by atoms with van der Waals surface area (Å²) in [5.74, 6) is 3.53. The van der Waals surface area contributed by atoms with Crippen LogP contribution in [0.1, 0.15) is 58.8 Å². The lowest BCUT2D eigenvalue weighted by Crippen LogP contribution is -2.47. The summed E-state index contributed by atoms with van der Waals surface area (Å²) >= 11 is 15.8. The average Bonchev–Trinajstić information content (AvgIpc) is 3.24. The van der Waals surface area contributed by atoms with E-state index < -0.39 is 0 Å². The molecule has 1 amide bonds. The van der Waals surface area contributed by atoms with E-state index in [1.807, 2.05) is 65.0 Å². The van der Waals surface area contributed by atoms with Crippen molar-refractivity contribution in [2.45, 2.75) is 70.8 Å². The van der Waals surface area contributed by atoms with Crippen molar-refractivity contribution >= 4 is 45.0 Å². The van der Waals surface area contributed by atoms with Gasteiger partial charge in [0.05, 0.1) is 26.1 Å². The molecule has 1 atom stereocenters. The molecular weight excluding hydrogens is 615 g/mol. The second-order valence-electron chi connectivity index (χ2n) is 11.2. The van der Waals surface area contributed by atoms with Crippen molar-refractivity contribution in [2.75, 3.05) is 6.61 Å². The van der Waals surface area contributed by atoms with Crippen LogP contribution in [0.15, 0.2) is 47.3 Å². The van der Waals surface area contributed by atoms with Gasteiger partial charge in [0.1, 0.15) is 18.2 Å². The highest BCUT2D eigenvalue weighted by Crippen LogP contribution is 2.33. The highest BCUT2D eigenvalue weighted by Gasteiger charge is 2.32. The molecule has 1 unspecified atom stereocenters. The molecule has 1 aromatic heterocycles. The van der Waals surface area contributed by atoms with Gasteiger partial charge in [0.25, 0.3) is 0 Å². The number of benzene rings is 2. The fourth-order valence-electron chi connectivity index (χ4n) is 4.16. The number of ether oxygens (including phenoxy) is 1. The van der Waals surface area contributed by atoms with Crippen molar-refractivity contribution in [3.05, 3.63) is 74.4 Å². The van der Waals surface area contributed by atoms with E-state index in [-0.39, 0.29) is 34.0 Å². The first-order chi connectivity index (χ1) is 18.8. The summed E-state index contributed by atoms with van der Waals surface area (Å²) < 4.78 is 8.34. The van der Waals surface area contributed by atoms with Gasteiger partial charge in [0.2, 0.25) is 5.91 Å². The molecule has 7 nitrogen and oxygen atoms in total. The number of fused-ring (bicyclic) bond motifs is 1. The molecule has 1 N–H and O–H groups in total. The van der Waals surface area contributed by atoms with E-state index in [0.717, 1.165) is 30.7 Å². The summed E-state index contributed by atoms with van der Waals surface area (Å²) in [7, 11) is 0. The zero-order chi connectivity index (χ0) is 29.7. The van der Waals surface area contributed by atoms with Crippen LogP contribution in [0.25, 0.3) is 5.69 Å². The minimum atomic E-state index is -0.365. The van der Waals surface area contributed by atoms with E-state index >= 15 is 0 Å². The molecule has 0 saturated carbocycles. The van der Waals surface area contributed by atoms with Gasteiger partial charge in [0, 0.05) is 19.0 Å². The van der Waals surface area contributed by atoms with Crippen LogP contribution >= 0.6 is 39.1 Å². The van der Waals surface area contributed by atoms with Crippen LogP contribution in [-0.2, 0) is 23.3 Å². The number of terminal acetylenes is 1. The van der Waals surface area contributed by atoms with Crippen molar-refractivity contribution in [1.82, 2.24) is 19.7 Å². The van der Waals surface area contributed by atoms with Crippen LogP contribution in [0.5, 0.6) is 5.75 Å². The molecular formula is C30H35BrCl2N4O3. The maximum Gasteiger partial charge on any atom is 0.350 e. The highest BCUT2D eigenvalue weighted by molar-refractivity contribution is 9.10. The third-order valence-electron chi connectivity index (χ3n) is 6.43. The maximum atomic E-state index is 12.5. The Labute approximate surface area is 254 Å². The van der Waals surface area contributed by atoms with Gasteiger partial charge in [-0.15, -0.1) is 11.5 Å². The number of nitrogens with one attached hydrogen (secondary N) is 1. The molecule has 0 saturated heterocycles. The van der Waals surface area contributed by atoms with Crippen LogP contribution in [0.3, 0.4) is 0 Å². The summed E-state index contributed by atoms with van der Waals surface area (Å²) in [6, 6.07) is 13.1. The van der Waals surface area contributed by atoms with E-state index in [9.17, 15) is 9.59 Å². The van der Waals surface area contributed by atoms with Crippen LogP contribution < -0.4 is 15.7 Å². The van der Waals surface area contributed by atoms with Crippen molar-refractivity contribution < 1.29 is 9.53 Å². The van der Waals surface area contributed by atoms with Crippen molar-refractivity contribution in [3.8, 4) is 23.8 Å². The van der Waals surface area contributed by atoms with Gasteiger partial charge in [0.15, 0.2) is 0 Å². The number of hydrogen-bond donors (Lipinski definition) is 1. The zero-order valence-corrected chi connectivity index (χ0v) is 26.5. The van der Waals surface area contributed by atoms with E-state index in [2.05, 4.69) is 32.3 Å². The van der Waals surface area contributed by atoms with Crippen LogP contribution in [0, 0.1) is 17.8 Å². The van der Waals surface area contributed by atoms with Gasteiger partial charge in [-0.2, -0.15) is 4.68 Å². The summed E-state index contributed by atoms with van der Waals surface area (Å²) in [6.45, 7) is 10.9. The molecule has 2 heterocycles. The molecule has 2 aromatic carbocycles. The molecule has 0 bridgehead atoms. The molecule has 4 rings (SSSR count). The van der Waals surface area contributed by atoms with Crippen molar-refractivity contribution in [1.29, 1.82) is 0 Å². The van der Waals surface area contributed by atoms with Gasteiger partial charge in [-0.05, 0) is 43.7 Å². The van der Waals surface area contributed by atoms with E-state index in [0.29, 0.717) is 28.0 Å². The lowest BCUT2D eigenvalue weighted by atomic mass is 9.89. The molecule has 0 spiro atoms. The summed E-state index contributed by atoms with van der Waals surface area (Å²) in [4.78, 5) is 24.5. The normalized spacial score (nSPS) is 13.8. The predicted octanol–water partition coefficient (Wildman–Crippen LogP) is 6.54. The lowest BCUT2D eigenvalue weighted by molar-refractivity contribution is -0.123. The minimum Gasteiger partial charge on any atom is -0.479 e. The number of halogens is 3. The molecule has 214 valence electrons. The number of aromatic nitrogens is 3. The Morgan fingerprint density at radius 2 is 1.82 bits per heavy atom. The van der Waals surface area contributed by atoms with Gasteiger partial charge < -0.3 is 10.1 Å². The summed E-state index contributed by atoms with van der Waals surface area (Å²) in [5, 5.41) is 8.13. The Hall–Kier alpha value is -2.73. The highest BCUT2D eigenvalue weighted by atomic mass is 79.9. The minimum absolute atomic E-state index is 0.0244. The fourth-order valence-corrected chi connectivity index (χ4v) is 4.79. The number of rotatable bonds is 6. The van der Waals surface area contributed by atoms with Crippen LogP contribution in [0.4, 0.5) is 0 Å². The SMILES string of the molecule is C#CCOc1cc(-n2nc3n(c2=O)CCCC3)c(Cl)cc1Cl.CC(C)(NC(=O)C(Br)C(C)(C)C)c1ccccc1. The standard InChI is InChI=1S/C15H22BrNO.C15H13Cl2N3O2/c1-14(2,3)12(16)13(18)17-15(4,5)11-9-7-6-8-10-11;1-2-7-22-13-9-12(10(16)8-11(13)17)20-15(21)19-6-4-3-5-14(19)18-20/h6-10,12H,1-5H3,(H,17,18);1,8-9H,3-7H2. The number of amides is 1. The number of carbonyl (C=O) groups excluding carboxylic acids is 1. The van der Waals surface area contributed by atoms with E-state index in [1.165, 1.54) is 10.7 Å². The van der Waals surface area contributed by atoms with Gasteiger partial charge in [-0.1, -0.05) is 96.2 Å². The molecule has 40 heavy (non-hydrogen) atoms. The number of nitrogens with zero attached hydrogens (tertiary/aromatic N) is 3. The Bertz CT molecular complexity index is 1440. The Balaban J connectivity index is 0.000000226. The lowest BCUT2D eigenvalue weighted by Gasteiger charge is -2.31. The largest absolute Gasteiger partial charge is 0.479 e. The summed E-state index contributed by atoms with van der Waals surface area (Å²) in [5.41, 5.74) is 0.866.